The second-order valence-electron chi connectivity index (χ2n) is 16.8. The highest BCUT2D eigenvalue weighted by Crippen LogP contribution is 2.43. The molecule has 0 amide bonds. The molecule has 7 aliphatic heterocycles. The summed E-state index contributed by atoms with van der Waals surface area (Å²) in [4.78, 5) is 27.0. The number of carbonyl (C=O) groups is 2. The van der Waals surface area contributed by atoms with Gasteiger partial charge in [0.05, 0.1) is 73.8 Å². The largest absolute Gasteiger partial charge is 0.394 e. The number of Topliss-reactive ketones (excluding diaryl/α,β-unsaturated/α-hetero) is 2. The van der Waals surface area contributed by atoms with Gasteiger partial charge in [-0.05, 0) is 62.0 Å². The normalized spacial score (nSPS) is 47.7. The molecule has 0 radical (unpaired) electrons. The quantitative estimate of drug-likeness (QED) is 0.308. The number of fused-ring (bicyclic) bond motifs is 7. The smallest absolute Gasteiger partial charge is 0.135 e. The van der Waals surface area contributed by atoms with Crippen LogP contribution in [0.5, 0.6) is 0 Å². The number of rotatable bonds is 4. The van der Waals surface area contributed by atoms with Crippen LogP contribution in [0.25, 0.3) is 0 Å². The fraction of sp³-hybridized carbons (Fsp3) is 0.850. The molecule has 13 nitrogen and oxygen atoms in total. The van der Waals surface area contributed by atoms with Crippen LogP contribution in [0.2, 0.25) is 0 Å². The highest BCUT2D eigenvalue weighted by Gasteiger charge is 2.57. The van der Waals surface area contributed by atoms with Crippen LogP contribution >= 0.6 is 0 Å². The van der Waals surface area contributed by atoms with Crippen molar-refractivity contribution in [2.24, 2.45) is 11.8 Å². The third-order valence-corrected chi connectivity index (χ3v) is 13.1. The minimum atomic E-state index is -1.10. The van der Waals surface area contributed by atoms with E-state index in [1.165, 1.54) is 0 Å². The van der Waals surface area contributed by atoms with E-state index in [9.17, 15) is 30.0 Å². The number of aliphatic hydroxyl groups is 4. The molecule has 0 aliphatic carbocycles. The van der Waals surface area contributed by atoms with Gasteiger partial charge in [0.25, 0.3) is 0 Å². The Balaban J connectivity index is 1.11. The van der Waals surface area contributed by atoms with Crippen LogP contribution in [0, 0.1) is 11.8 Å². The van der Waals surface area contributed by atoms with Crippen molar-refractivity contribution in [1.29, 1.82) is 0 Å². The van der Waals surface area contributed by atoms with E-state index in [1.54, 1.807) is 7.11 Å². The van der Waals surface area contributed by atoms with Gasteiger partial charge in [0, 0.05) is 51.6 Å². The lowest BCUT2D eigenvalue weighted by molar-refractivity contribution is -0.259. The highest BCUT2D eigenvalue weighted by molar-refractivity contribution is 5.79. The third-order valence-electron chi connectivity index (χ3n) is 13.1. The van der Waals surface area contributed by atoms with Gasteiger partial charge in [0.15, 0.2) is 0 Å². The van der Waals surface area contributed by atoms with Crippen molar-refractivity contribution in [2.45, 2.75) is 188 Å². The molecule has 7 aliphatic rings. The molecule has 0 spiro atoms. The molecule has 18 atom stereocenters. The molecular weight excluding hydrogens is 688 g/mol. The Hall–Kier alpha value is -1.62. The third kappa shape index (κ3) is 8.56. The predicted molar refractivity (Wildman–Crippen MR) is 189 cm³/mol. The fourth-order valence-electron chi connectivity index (χ4n) is 10.1. The van der Waals surface area contributed by atoms with E-state index < -0.39 is 79.9 Å². The summed E-state index contributed by atoms with van der Waals surface area (Å²) in [5.41, 5.74) is 2.00. The standard InChI is InChI=1S/C40H60O13/c1-19-11-26-7-9-29-20(2)12-25(48-29)6-5-22(42)15-33-35(45)39-40(53-33)36(46)38-30(52-39)10-8-27(50-38)13-23(43)14-28-32(17-31(49-26)21(19)3)51-34(37(28)47-4)16-24(44)18-41/h19,24-41,44-46H,2-3,5-18H2,1,4H3/t19-,24?,25?,26+,27?,28?,29?,30?,31?,32+,33-,34?,35?,36?,37-,38+,39+,40?/m1/s1. The maximum Gasteiger partial charge on any atom is 0.135 e. The Morgan fingerprint density at radius 3 is 2.23 bits per heavy atom. The van der Waals surface area contributed by atoms with Gasteiger partial charge < -0.3 is 53.6 Å². The van der Waals surface area contributed by atoms with E-state index in [1.807, 2.05) is 0 Å². The summed E-state index contributed by atoms with van der Waals surface area (Å²) in [6.07, 6.45) is -3.55. The molecule has 0 aromatic carbocycles. The van der Waals surface area contributed by atoms with Gasteiger partial charge in [-0.2, -0.15) is 0 Å². The minimum absolute atomic E-state index is 0.00643. The van der Waals surface area contributed by atoms with Crippen molar-refractivity contribution in [2.75, 3.05) is 13.7 Å². The molecule has 11 unspecified atom stereocenters. The van der Waals surface area contributed by atoms with Gasteiger partial charge in [0.1, 0.15) is 42.1 Å². The van der Waals surface area contributed by atoms with Crippen LogP contribution in [0.1, 0.15) is 90.4 Å². The summed E-state index contributed by atoms with van der Waals surface area (Å²) < 4.78 is 44.3. The van der Waals surface area contributed by atoms with Crippen molar-refractivity contribution < 1.29 is 63.2 Å². The topological polar surface area (TPSA) is 180 Å². The number of ketones is 2. The van der Waals surface area contributed by atoms with Gasteiger partial charge in [-0.1, -0.05) is 20.1 Å². The average Bonchev–Trinajstić information content (AvgIpc) is 3.76. The molecule has 7 heterocycles. The van der Waals surface area contributed by atoms with Crippen LogP contribution in [-0.4, -0.2) is 143 Å². The Kier molecular flexibility index (Phi) is 12.6. The SMILES string of the molecule is C=C1CC2CCC(=O)C[C@H]3OC4C(O)[C@H]5OC(CCC5O[C@H]4C3O)CC(=O)CC3[C@@H](OC)C(CC(O)CO)O[C@H]3CC3O[C@@H](CCC1O2)C[C@@H](C)C3=C. The number of carbonyl (C=O) groups excluding carboxylic acids is 2. The summed E-state index contributed by atoms with van der Waals surface area (Å²) in [5.74, 6) is -0.221. The van der Waals surface area contributed by atoms with Gasteiger partial charge in [-0.25, -0.2) is 0 Å². The van der Waals surface area contributed by atoms with E-state index in [2.05, 4.69) is 20.1 Å². The maximum atomic E-state index is 13.9. The zero-order valence-corrected chi connectivity index (χ0v) is 31.2. The first-order chi connectivity index (χ1) is 25.4. The van der Waals surface area contributed by atoms with Crippen LogP contribution < -0.4 is 0 Å². The summed E-state index contributed by atoms with van der Waals surface area (Å²) in [7, 11) is 1.58. The summed E-state index contributed by atoms with van der Waals surface area (Å²) in [5, 5.41) is 42.6. The molecular formula is C40H60O13. The van der Waals surface area contributed by atoms with Crippen molar-refractivity contribution in [1.82, 2.24) is 0 Å². The second-order valence-corrected chi connectivity index (χ2v) is 16.8. The van der Waals surface area contributed by atoms with Crippen LogP contribution in [0.3, 0.4) is 0 Å². The second kappa shape index (κ2) is 16.9. The van der Waals surface area contributed by atoms with Gasteiger partial charge in [0.2, 0.25) is 0 Å². The summed E-state index contributed by atoms with van der Waals surface area (Å²) in [6, 6.07) is 0. The van der Waals surface area contributed by atoms with Crippen LogP contribution in [0.15, 0.2) is 24.3 Å². The Bertz CT molecular complexity index is 1340. The lowest BCUT2D eigenvalue weighted by Gasteiger charge is -2.46. The number of methoxy groups -OCH3 is 1. The van der Waals surface area contributed by atoms with Gasteiger partial charge >= 0.3 is 0 Å². The monoisotopic (exact) mass is 748 g/mol. The number of aliphatic hydroxyl groups excluding tert-OH is 4. The van der Waals surface area contributed by atoms with Crippen LogP contribution in [0.4, 0.5) is 0 Å². The summed E-state index contributed by atoms with van der Waals surface area (Å²) >= 11 is 0. The number of ether oxygens (including phenoxy) is 7. The molecule has 0 saturated carbocycles. The number of hydrogen-bond acceptors (Lipinski definition) is 13. The zero-order chi connectivity index (χ0) is 37.6. The molecule has 298 valence electrons. The molecule has 7 rings (SSSR count). The minimum Gasteiger partial charge on any atom is -0.394 e. The Morgan fingerprint density at radius 1 is 0.736 bits per heavy atom. The van der Waals surface area contributed by atoms with E-state index in [-0.39, 0.29) is 79.9 Å². The lowest BCUT2D eigenvalue weighted by atomic mass is 9.81. The zero-order valence-electron chi connectivity index (χ0n) is 31.2. The molecule has 13 heteroatoms. The molecule has 8 bridgehead atoms. The first-order valence-electron chi connectivity index (χ1n) is 19.9. The van der Waals surface area contributed by atoms with Gasteiger partial charge in [-0.3, -0.25) is 9.59 Å². The molecule has 0 aromatic rings. The molecule has 53 heavy (non-hydrogen) atoms. The Morgan fingerprint density at radius 2 is 1.45 bits per heavy atom. The van der Waals surface area contributed by atoms with E-state index in [0.29, 0.717) is 32.1 Å². The highest BCUT2D eigenvalue weighted by atomic mass is 16.6. The first-order valence-corrected chi connectivity index (χ1v) is 19.9. The van der Waals surface area contributed by atoms with Crippen molar-refractivity contribution >= 4 is 11.6 Å². The Labute approximate surface area is 312 Å². The van der Waals surface area contributed by atoms with E-state index in [0.717, 1.165) is 30.4 Å². The lowest BCUT2D eigenvalue weighted by Crippen LogP contribution is -2.61. The average molecular weight is 749 g/mol. The fourth-order valence-corrected chi connectivity index (χ4v) is 10.1. The summed E-state index contributed by atoms with van der Waals surface area (Å²) in [6.45, 7) is 10.4. The maximum absolute atomic E-state index is 13.9. The van der Waals surface area contributed by atoms with Crippen molar-refractivity contribution in [3.8, 4) is 0 Å². The van der Waals surface area contributed by atoms with E-state index in [4.69, 9.17) is 33.2 Å². The molecule has 7 saturated heterocycles. The van der Waals surface area contributed by atoms with Crippen molar-refractivity contribution in [3.63, 3.8) is 0 Å². The van der Waals surface area contributed by atoms with Crippen molar-refractivity contribution in [3.05, 3.63) is 24.3 Å². The number of hydrogen-bond donors (Lipinski definition) is 4. The predicted octanol–water partition coefficient (Wildman–Crippen LogP) is 2.27. The molecule has 0 aromatic heterocycles. The first kappa shape index (κ1) is 39.6. The molecule has 4 N–H and O–H groups in total. The van der Waals surface area contributed by atoms with E-state index >= 15 is 0 Å². The molecule has 7 fully saturated rings. The van der Waals surface area contributed by atoms with Gasteiger partial charge in [-0.15, -0.1) is 0 Å². The van der Waals surface area contributed by atoms with Crippen LogP contribution in [-0.2, 0) is 42.7 Å².